The van der Waals surface area contributed by atoms with Crippen LogP contribution < -0.4 is 4.90 Å². The molecule has 2 heteroatoms. The Labute approximate surface area is 408 Å². The van der Waals surface area contributed by atoms with E-state index in [-0.39, 0.29) is 0 Å². The number of benzene rings is 11. The fraction of sp³-hybridized carbons (Fsp3) is 0.0294. The quantitative estimate of drug-likeness (QED) is 0.151. The highest BCUT2D eigenvalue weighted by atomic mass is 16.3. The number of fused-ring (bicyclic) bond motifs is 9. The second kappa shape index (κ2) is 15.8. The predicted molar refractivity (Wildman–Crippen MR) is 288 cm³/mol. The minimum Gasteiger partial charge on any atom is -0.456 e. The van der Waals surface area contributed by atoms with E-state index in [0.717, 1.165) is 44.6 Å². The number of nitrogens with zero attached hydrogens (tertiary/aromatic N) is 1. The number of hydrogen-bond donors (Lipinski definition) is 0. The molecular weight excluding hydrogens is 847 g/mol. The lowest BCUT2D eigenvalue weighted by molar-refractivity contribution is 0.669. The van der Waals surface area contributed by atoms with Crippen LogP contribution in [0.3, 0.4) is 0 Å². The molecule has 70 heavy (non-hydrogen) atoms. The number of hydrogen-bond acceptors (Lipinski definition) is 2. The fourth-order valence-corrected chi connectivity index (χ4v) is 12.4. The van der Waals surface area contributed by atoms with E-state index in [2.05, 4.69) is 272 Å². The summed E-state index contributed by atoms with van der Waals surface area (Å²) in [5.41, 5.74) is 21.5. The number of furan rings is 1. The Kier molecular flexibility index (Phi) is 9.06. The molecule has 0 bridgehead atoms. The first-order chi connectivity index (χ1) is 34.7. The van der Waals surface area contributed by atoms with Crippen molar-refractivity contribution >= 4 is 39.0 Å². The Hall–Kier alpha value is -8.98. The largest absolute Gasteiger partial charge is 0.456 e. The molecular formula is C68H45NO. The molecule has 2 aliphatic rings. The van der Waals surface area contributed by atoms with Gasteiger partial charge in [0.15, 0.2) is 0 Å². The molecule has 2 aliphatic carbocycles. The van der Waals surface area contributed by atoms with Gasteiger partial charge in [0.25, 0.3) is 0 Å². The van der Waals surface area contributed by atoms with Gasteiger partial charge in [0.2, 0.25) is 0 Å². The first kappa shape index (κ1) is 40.1. The van der Waals surface area contributed by atoms with E-state index in [1.165, 1.54) is 72.3 Å². The van der Waals surface area contributed by atoms with Gasteiger partial charge < -0.3 is 9.32 Å². The SMILES string of the molecule is c1ccc(C2(c3ccccc3)c3ccccc3-c3ccc(-c4ccc(N(c5ccc6oc7ccccc7c6c5)c5cccc6c5-c5ccccc5C6(c5ccccc5)c5ccccc5)cc4)cc32)cc1. The lowest BCUT2D eigenvalue weighted by Gasteiger charge is -2.34. The molecule has 0 unspecified atom stereocenters. The number of para-hydroxylation sites is 1. The molecule has 0 saturated heterocycles. The molecule has 1 aromatic heterocycles. The minimum absolute atomic E-state index is 0.476. The Morgan fingerprint density at radius 3 is 1.40 bits per heavy atom. The average molecular weight is 892 g/mol. The third-order valence-corrected chi connectivity index (χ3v) is 15.2. The molecule has 0 saturated carbocycles. The highest BCUT2D eigenvalue weighted by Crippen LogP contribution is 2.60. The van der Waals surface area contributed by atoms with Crippen molar-refractivity contribution in [3.63, 3.8) is 0 Å². The smallest absolute Gasteiger partial charge is 0.135 e. The van der Waals surface area contributed by atoms with Crippen molar-refractivity contribution in [2.75, 3.05) is 4.90 Å². The van der Waals surface area contributed by atoms with Crippen LogP contribution in [0.15, 0.2) is 277 Å². The van der Waals surface area contributed by atoms with Crippen LogP contribution in [-0.4, -0.2) is 0 Å². The molecule has 1 heterocycles. The van der Waals surface area contributed by atoms with E-state index in [1.807, 2.05) is 6.07 Å². The Balaban J connectivity index is 0.974. The summed E-state index contributed by atoms with van der Waals surface area (Å²) in [6.07, 6.45) is 0. The van der Waals surface area contributed by atoms with E-state index >= 15 is 0 Å². The van der Waals surface area contributed by atoms with Crippen LogP contribution in [-0.2, 0) is 10.8 Å². The molecule has 0 spiro atoms. The Morgan fingerprint density at radius 2 is 0.757 bits per heavy atom. The molecule has 0 aliphatic heterocycles. The molecule has 0 fully saturated rings. The van der Waals surface area contributed by atoms with Crippen LogP contribution in [0.2, 0.25) is 0 Å². The molecule has 0 atom stereocenters. The van der Waals surface area contributed by atoms with Crippen molar-refractivity contribution in [1.29, 1.82) is 0 Å². The summed E-state index contributed by atoms with van der Waals surface area (Å²) in [7, 11) is 0. The topological polar surface area (TPSA) is 16.4 Å². The van der Waals surface area contributed by atoms with Crippen molar-refractivity contribution in [3.8, 4) is 33.4 Å². The van der Waals surface area contributed by atoms with Crippen molar-refractivity contribution in [2.45, 2.75) is 10.8 Å². The molecule has 12 aromatic rings. The molecule has 14 rings (SSSR count). The highest BCUT2D eigenvalue weighted by Gasteiger charge is 2.48. The maximum atomic E-state index is 6.41. The van der Waals surface area contributed by atoms with E-state index in [9.17, 15) is 0 Å². The fourth-order valence-electron chi connectivity index (χ4n) is 12.4. The van der Waals surface area contributed by atoms with Crippen molar-refractivity contribution in [1.82, 2.24) is 0 Å². The second-order valence-corrected chi connectivity index (χ2v) is 18.7. The van der Waals surface area contributed by atoms with Gasteiger partial charge >= 0.3 is 0 Å². The maximum absolute atomic E-state index is 6.41. The van der Waals surface area contributed by atoms with Gasteiger partial charge in [0.05, 0.1) is 16.5 Å². The minimum atomic E-state index is -0.535. The Morgan fingerprint density at radius 1 is 0.286 bits per heavy atom. The van der Waals surface area contributed by atoms with E-state index in [0.29, 0.717) is 0 Å². The number of rotatable bonds is 8. The van der Waals surface area contributed by atoms with E-state index in [1.54, 1.807) is 0 Å². The van der Waals surface area contributed by atoms with Gasteiger partial charge in [-0.1, -0.05) is 224 Å². The summed E-state index contributed by atoms with van der Waals surface area (Å²) in [6, 6.07) is 100. The van der Waals surface area contributed by atoms with Gasteiger partial charge in [-0.15, -0.1) is 0 Å². The van der Waals surface area contributed by atoms with Gasteiger partial charge in [-0.05, 0) is 121 Å². The summed E-state index contributed by atoms with van der Waals surface area (Å²) in [5, 5.41) is 2.19. The van der Waals surface area contributed by atoms with Crippen molar-refractivity contribution in [3.05, 3.63) is 317 Å². The summed E-state index contributed by atoms with van der Waals surface area (Å²) >= 11 is 0. The highest BCUT2D eigenvalue weighted by molar-refractivity contribution is 6.07. The first-order valence-electron chi connectivity index (χ1n) is 24.2. The van der Waals surface area contributed by atoms with Gasteiger partial charge in [-0.3, -0.25) is 0 Å². The summed E-state index contributed by atoms with van der Waals surface area (Å²) in [4.78, 5) is 2.46. The lowest BCUT2D eigenvalue weighted by atomic mass is 9.67. The van der Waals surface area contributed by atoms with Crippen LogP contribution in [0.4, 0.5) is 17.1 Å². The zero-order chi connectivity index (χ0) is 46.2. The van der Waals surface area contributed by atoms with Gasteiger partial charge in [-0.2, -0.15) is 0 Å². The third-order valence-electron chi connectivity index (χ3n) is 15.2. The van der Waals surface area contributed by atoms with Gasteiger partial charge in [-0.25, -0.2) is 0 Å². The molecule has 0 amide bonds. The van der Waals surface area contributed by atoms with Crippen LogP contribution in [0.5, 0.6) is 0 Å². The molecule has 0 N–H and O–H groups in total. The zero-order valence-corrected chi connectivity index (χ0v) is 38.3. The van der Waals surface area contributed by atoms with Crippen molar-refractivity contribution in [2.24, 2.45) is 0 Å². The summed E-state index contributed by atoms with van der Waals surface area (Å²) in [5.74, 6) is 0. The molecule has 11 aromatic carbocycles. The van der Waals surface area contributed by atoms with Gasteiger partial charge in [0.1, 0.15) is 11.2 Å². The standard InChI is InChI=1S/C68H45NO/c1-5-20-48(21-6-1)67(49-22-7-2-8-23-49)60-32-17-14-30-57(60)66-61(67)33-19-34-63(66)69(53-41-43-65-58(45-53)56-29-15-18-35-64(56)70-65)52-39-36-46(37-40-52)47-38-42-55-54-28-13-16-31-59(54)68(62(55)44-47,50-24-9-3-10-25-50)51-26-11-4-12-27-51/h1-45H. The van der Waals surface area contributed by atoms with Crippen molar-refractivity contribution < 1.29 is 4.42 Å². The lowest BCUT2D eigenvalue weighted by Crippen LogP contribution is -2.28. The van der Waals surface area contributed by atoms with E-state index in [4.69, 9.17) is 4.42 Å². The average Bonchev–Trinajstić information content (AvgIpc) is 4.07. The summed E-state index contributed by atoms with van der Waals surface area (Å²) in [6.45, 7) is 0. The first-order valence-corrected chi connectivity index (χ1v) is 24.2. The number of anilines is 3. The van der Waals surface area contributed by atoms with E-state index < -0.39 is 10.8 Å². The zero-order valence-electron chi connectivity index (χ0n) is 38.3. The van der Waals surface area contributed by atoms with Crippen LogP contribution in [0, 0.1) is 0 Å². The van der Waals surface area contributed by atoms with Crippen LogP contribution >= 0.6 is 0 Å². The molecule has 0 radical (unpaired) electrons. The maximum Gasteiger partial charge on any atom is 0.135 e. The van der Waals surface area contributed by atoms with Gasteiger partial charge in [0, 0.05) is 27.7 Å². The molecule has 328 valence electrons. The normalized spacial score (nSPS) is 13.7. The third kappa shape index (κ3) is 5.74. The van der Waals surface area contributed by atoms with Crippen LogP contribution in [0.1, 0.15) is 44.5 Å². The second-order valence-electron chi connectivity index (χ2n) is 18.7. The predicted octanol–water partition coefficient (Wildman–Crippen LogP) is 17.4. The van der Waals surface area contributed by atoms with Crippen LogP contribution in [0.25, 0.3) is 55.3 Å². The Bertz CT molecular complexity index is 3850. The monoisotopic (exact) mass is 891 g/mol. The molecule has 2 nitrogen and oxygen atoms in total. The summed E-state index contributed by atoms with van der Waals surface area (Å²) < 4.78 is 6.41.